The van der Waals surface area contributed by atoms with E-state index < -0.39 is 0 Å². The zero-order valence-electron chi connectivity index (χ0n) is 23.9. The molecule has 1 N–H and O–H groups in total. The second kappa shape index (κ2) is 12.5. The summed E-state index contributed by atoms with van der Waals surface area (Å²) in [5.74, 6) is 1.76. The lowest BCUT2D eigenvalue weighted by Crippen LogP contribution is -2.29. The van der Waals surface area contributed by atoms with Crippen LogP contribution in [-0.2, 0) is 21.7 Å². The Kier molecular flexibility index (Phi) is 10.8. The molecule has 0 fully saturated rings. The molecule has 0 aliphatic heterocycles. The molecule has 2 rings (SSSR count). The molecule has 3 unspecified atom stereocenters. The van der Waals surface area contributed by atoms with Crippen LogP contribution in [0.3, 0.4) is 0 Å². The number of rotatable bonds is 12. The first-order valence-electron chi connectivity index (χ1n) is 13.7. The largest absolute Gasteiger partial charge is 0.507 e. The van der Waals surface area contributed by atoms with Crippen LogP contribution < -0.4 is 5.30 Å². The van der Waals surface area contributed by atoms with Crippen LogP contribution in [0.2, 0.25) is 0 Å². The van der Waals surface area contributed by atoms with Gasteiger partial charge in [-0.25, -0.2) is 0 Å². The minimum Gasteiger partial charge on any atom is -0.507 e. The second-order valence-electron chi connectivity index (χ2n) is 12.3. The van der Waals surface area contributed by atoms with Crippen molar-refractivity contribution in [2.24, 2.45) is 5.92 Å². The summed E-state index contributed by atoms with van der Waals surface area (Å²) >= 11 is 4.62. The molecule has 0 aliphatic rings. The quantitative estimate of drug-likeness (QED) is 0.213. The molecule has 196 valence electrons. The number of phenolic OH excluding ortho intramolecular Hbond substituents is 1. The van der Waals surface area contributed by atoms with Crippen molar-refractivity contribution in [1.29, 1.82) is 0 Å². The molecule has 0 heterocycles. The van der Waals surface area contributed by atoms with Crippen LogP contribution in [0.5, 0.6) is 5.75 Å². The fourth-order valence-corrected chi connectivity index (χ4v) is 7.15. The van der Waals surface area contributed by atoms with Crippen molar-refractivity contribution in [3.05, 3.63) is 58.7 Å². The summed E-state index contributed by atoms with van der Waals surface area (Å²) in [7, 11) is 0.583. The second-order valence-corrected chi connectivity index (χ2v) is 14.5. The van der Waals surface area contributed by atoms with E-state index in [1.54, 1.807) is 0 Å². The van der Waals surface area contributed by atoms with Crippen molar-refractivity contribution >= 4 is 26.5 Å². The van der Waals surface area contributed by atoms with E-state index in [0.29, 0.717) is 20.2 Å². The SMILES string of the molecule is CCCCC(C)C(C)(C)c1cc(C(C)(C)C)cc(C(C)(CCCC)Pc2ccccc2CS)c1O. The average Bonchev–Trinajstić information content (AvgIpc) is 2.80. The lowest BCUT2D eigenvalue weighted by molar-refractivity contribution is 0.303. The Labute approximate surface area is 224 Å². The van der Waals surface area contributed by atoms with E-state index in [2.05, 4.69) is 111 Å². The number of benzene rings is 2. The van der Waals surface area contributed by atoms with Gasteiger partial charge in [-0.3, -0.25) is 0 Å². The van der Waals surface area contributed by atoms with Crippen molar-refractivity contribution in [2.45, 2.75) is 123 Å². The average molecular weight is 515 g/mol. The lowest BCUT2D eigenvalue weighted by atomic mass is 9.69. The minimum atomic E-state index is -0.127. The number of thiol groups is 1. The molecule has 1 nitrogen and oxygen atoms in total. The molecule has 35 heavy (non-hydrogen) atoms. The van der Waals surface area contributed by atoms with E-state index in [1.165, 1.54) is 35.7 Å². The Morgan fingerprint density at radius 2 is 1.51 bits per heavy atom. The first-order chi connectivity index (χ1) is 16.3. The third-order valence-electron chi connectivity index (χ3n) is 8.12. The molecule has 0 bridgehead atoms. The van der Waals surface area contributed by atoms with Gasteiger partial charge in [0.2, 0.25) is 0 Å². The van der Waals surface area contributed by atoms with Crippen LogP contribution in [0.15, 0.2) is 36.4 Å². The van der Waals surface area contributed by atoms with Gasteiger partial charge in [-0.05, 0) is 46.0 Å². The Bertz CT molecular complexity index is 959. The highest BCUT2D eigenvalue weighted by atomic mass is 32.1. The summed E-state index contributed by atoms with van der Waals surface area (Å²) in [6, 6.07) is 13.4. The van der Waals surface area contributed by atoms with Crippen LogP contribution in [0.1, 0.15) is 123 Å². The molecule has 2 aromatic rings. The maximum Gasteiger partial charge on any atom is 0.123 e. The Hall–Kier alpha value is -0.980. The van der Waals surface area contributed by atoms with Gasteiger partial charge < -0.3 is 5.11 Å². The highest BCUT2D eigenvalue weighted by Gasteiger charge is 2.37. The predicted molar refractivity (Wildman–Crippen MR) is 162 cm³/mol. The van der Waals surface area contributed by atoms with E-state index >= 15 is 0 Å². The summed E-state index contributed by atoms with van der Waals surface area (Å²) in [5.41, 5.74) is 4.79. The highest BCUT2D eigenvalue weighted by molar-refractivity contribution is 7.79. The van der Waals surface area contributed by atoms with Crippen LogP contribution >= 0.6 is 21.2 Å². The highest BCUT2D eigenvalue weighted by Crippen LogP contribution is 2.52. The van der Waals surface area contributed by atoms with Crippen LogP contribution in [0, 0.1) is 5.92 Å². The van der Waals surface area contributed by atoms with E-state index in [1.807, 2.05) is 0 Å². The standard InChI is InChI=1S/C32H51OPS/c1-10-12-16-23(3)31(7,8)26-20-25(30(4,5)6)21-27(29(26)33)32(9,19-13-11-2)34-28-18-15-14-17-24(28)22-35/h14-15,17-18,20-21,23,33-35H,10-13,16,19,22H2,1-9H3. The first-order valence-corrected chi connectivity index (χ1v) is 15.3. The molecular weight excluding hydrogens is 463 g/mol. The molecule has 3 atom stereocenters. The van der Waals surface area contributed by atoms with Crippen molar-refractivity contribution in [2.75, 3.05) is 0 Å². The van der Waals surface area contributed by atoms with Gasteiger partial charge in [0.1, 0.15) is 5.75 Å². The van der Waals surface area contributed by atoms with Gasteiger partial charge in [0.25, 0.3) is 0 Å². The van der Waals surface area contributed by atoms with Gasteiger partial charge in [0, 0.05) is 22.0 Å². The summed E-state index contributed by atoms with van der Waals surface area (Å²) in [4.78, 5) is 0. The van der Waals surface area contributed by atoms with Crippen LogP contribution in [0.4, 0.5) is 0 Å². The van der Waals surface area contributed by atoms with Gasteiger partial charge in [-0.15, -0.1) is 0 Å². The molecule has 2 aromatic carbocycles. The summed E-state index contributed by atoms with van der Waals surface area (Å²) in [6.45, 7) is 20.8. The molecule has 3 heteroatoms. The van der Waals surface area contributed by atoms with Gasteiger partial charge in [0.15, 0.2) is 0 Å². The van der Waals surface area contributed by atoms with Crippen molar-refractivity contribution in [3.8, 4) is 5.75 Å². The van der Waals surface area contributed by atoms with E-state index in [4.69, 9.17) is 0 Å². The minimum absolute atomic E-state index is 0.0116. The third kappa shape index (κ3) is 7.29. The van der Waals surface area contributed by atoms with Gasteiger partial charge in [-0.2, -0.15) is 12.6 Å². The zero-order valence-corrected chi connectivity index (χ0v) is 25.8. The van der Waals surface area contributed by atoms with Crippen molar-refractivity contribution < 1.29 is 5.11 Å². The number of aromatic hydroxyl groups is 1. The van der Waals surface area contributed by atoms with Gasteiger partial charge >= 0.3 is 0 Å². The summed E-state index contributed by atoms with van der Waals surface area (Å²) < 4.78 is 0. The zero-order chi connectivity index (χ0) is 26.4. The molecular formula is C32H51OPS. The normalized spacial score (nSPS) is 15.5. The molecule has 0 radical (unpaired) electrons. The monoisotopic (exact) mass is 514 g/mol. The smallest absolute Gasteiger partial charge is 0.123 e. The third-order valence-corrected chi connectivity index (χ3v) is 10.3. The summed E-state index contributed by atoms with van der Waals surface area (Å²) in [6.07, 6.45) is 6.99. The molecule has 0 aliphatic carbocycles. The van der Waals surface area contributed by atoms with Crippen molar-refractivity contribution in [3.63, 3.8) is 0 Å². The van der Waals surface area contributed by atoms with E-state index in [9.17, 15) is 5.11 Å². The molecule has 0 saturated heterocycles. The number of hydrogen-bond donors (Lipinski definition) is 2. The number of phenols is 1. The number of hydrogen-bond acceptors (Lipinski definition) is 2. The fourth-order valence-electron chi connectivity index (χ4n) is 4.99. The Morgan fingerprint density at radius 3 is 2.09 bits per heavy atom. The number of unbranched alkanes of at least 4 members (excludes halogenated alkanes) is 2. The summed E-state index contributed by atoms with van der Waals surface area (Å²) in [5, 5.41) is 13.3. The Balaban J connectivity index is 2.76. The molecule has 0 saturated carbocycles. The molecule has 0 spiro atoms. The van der Waals surface area contributed by atoms with Crippen LogP contribution in [-0.4, -0.2) is 5.11 Å². The van der Waals surface area contributed by atoms with Crippen molar-refractivity contribution in [1.82, 2.24) is 0 Å². The van der Waals surface area contributed by atoms with E-state index in [-0.39, 0.29) is 16.0 Å². The maximum atomic E-state index is 12.0. The molecule has 0 aromatic heterocycles. The lowest BCUT2D eigenvalue weighted by Gasteiger charge is -2.39. The van der Waals surface area contributed by atoms with Gasteiger partial charge in [-0.1, -0.05) is 133 Å². The maximum absolute atomic E-state index is 12.0. The molecule has 0 amide bonds. The Morgan fingerprint density at radius 1 is 0.914 bits per heavy atom. The van der Waals surface area contributed by atoms with Gasteiger partial charge in [0.05, 0.1) is 0 Å². The predicted octanol–water partition coefficient (Wildman–Crippen LogP) is 9.63. The van der Waals surface area contributed by atoms with E-state index in [0.717, 1.165) is 36.1 Å². The fraction of sp³-hybridized carbons (Fsp3) is 0.625. The van der Waals surface area contributed by atoms with Crippen LogP contribution in [0.25, 0.3) is 0 Å². The first kappa shape index (κ1) is 30.2. The topological polar surface area (TPSA) is 20.2 Å².